The van der Waals surface area contributed by atoms with E-state index in [9.17, 15) is 31.9 Å². The number of carbonyl (C=O) groups is 2. The number of carbonyl (C=O) groups excluding carboxylic acids is 1. The van der Waals surface area contributed by atoms with Gasteiger partial charge in [-0.1, -0.05) is 50.6 Å². The number of methoxy groups -OCH3 is 1. The Morgan fingerprint density at radius 3 is 2.06 bits per heavy atom. The molecule has 2 amide bonds. The number of nitrogens with zero attached hydrogens (tertiary/aromatic N) is 2. The molecule has 0 atom stereocenters. The van der Waals surface area contributed by atoms with Crippen molar-refractivity contribution in [3.8, 4) is 16.9 Å². The Kier molecular flexibility index (Phi) is 10.6. The van der Waals surface area contributed by atoms with Crippen molar-refractivity contribution in [3.63, 3.8) is 0 Å². The molecule has 9 nitrogen and oxygen atoms in total. The summed E-state index contributed by atoms with van der Waals surface area (Å²) in [5.74, 6) is -1.45. The SMILES string of the molecule is COc1ccc(-c2ccc(S(N)(=O)=O)cc2)cc1CN(C(=O)c1sc2c(F)ccc(F)c2c1Cl)C1CCC(N(CC(C)(C)C)C(=O)O)CC1. The topological polar surface area (TPSA) is 130 Å². The number of thiophene rings is 1. The molecule has 14 heteroatoms. The van der Waals surface area contributed by atoms with E-state index in [2.05, 4.69) is 0 Å². The number of sulfonamides is 1. The first-order valence-corrected chi connectivity index (χ1v) is 18.4. The lowest BCUT2D eigenvalue weighted by atomic mass is 9.87. The van der Waals surface area contributed by atoms with Crippen LogP contribution in [-0.2, 0) is 16.6 Å². The molecule has 3 N–H and O–H groups in total. The van der Waals surface area contributed by atoms with Gasteiger partial charge in [-0.05, 0) is 78.6 Å². The summed E-state index contributed by atoms with van der Waals surface area (Å²) in [5, 5.41) is 15.0. The number of halogens is 3. The first-order chi connectivity index (χ1) is 23.0. The smallest absolute Gasteiger partial charge is 0.407 e. The van der Waals surface area contributed by atoms with Crippen molar-refractivity contribution < 1.29 is 36.6 Å². The number of hydrogen-bond acceptors (Lipinski definition) is 6. The van der Waals surface area contributed by atoms with Crippen molar-refractivity contribution in [2.75, 3.05) is 13.7 Å². The van der Waals surface area contributed by atoms with Gasteiger partial charge in [0, 0.05) is 30.7 Å². The van der Waals surface area contributed by atoms with Crippen molar-refractivity contribution in [1.82, 2.24) is 9.80 Å². The molecule has 0 spiro atoms. The number of hydrogen-bond donors (Lipinski definition) is 2. The summed E-state index contributed by atoms with van der Waals surface area (Å²) < 4.78 is 58.8. The van der Waals surface area contributed by atoms with Crippen LogP contribution in [0.3, 0.4) is 0 Å². The van der Waals surface area contributed by atoms with Crippen LogP contribution in [0.4, 0.5) is 13.6 Å². The molecule has 0 saturated heterocycles. The highest BCUT2D eigenvalue weighted by Crippen LogP contribution is 2.41. The molecule has 1 fully saturated rings. The highest BCUT2D eigenvalue weighted by Gasteiger charge is 2.36. The van der Waals surface area contributed by atoms with Crippen LogP contribution in [0.5, 0.6) is 5.75 Å². The van der Waals surface area contributed by atoms with E-state index in [1.807, 2.05) is 26.8 Å². The van der Waals surface area contributed by atoms with Gasteiger partial charge < -0.3 is 19.6 Å². The molecule has 262 valence electrons. The third-order valence-corrected chi connectivity index (χ3v) is 11.3. The maximum atomic E-state index is 14.8. The summed E-state index contributed by atoms with van der Waals surface area (Å²) >= 11 is 7.38. The number of nitrogens with two attached hydrogens (primary N) is 1. The van der Waals surface area contributed by atoms with Gasteiger partial charge in [0.05, 0.1) is 27.1 Å². The van der Waals surface area contributed by atoms with Crippen LogP contribution in [0, 0.1) is 17.0 Å². The summed E-state index contributed by atoms with van der Waals surface area (Å²) in [6.07, 6.45) is 0.979. The van der Waals surface area contributed by atoms with Crippen molar-refractivity contribution in [2.24, 2.45) is 10.6 Å². The number of carboxylic acid groups (broad SMARTS) is 1. The number of primary sulfonamides is 1. The van der Waals surface area contributed by atoms with Crippen LogP contribution >= 0.6 is 22.9 Å². The minimum absolute atomic E-state index is 0.00334. The van der Waals surface area contributed by atoms with E-state index in [1.165, 1.54) is 24.1 Å². The third kappa shape index (κ3) is 8.01. The zero-order valence-corrected chi connectivity index (χ0v) is 29.9. The lowest BCUT2D eigenvalue weighted by Gasteiger charge is -2.41. The van der Waals surface area contributed by atoms with Crippen molar-refractivity contribution in [2.45, 2.75) is 70.0 Å². The number of amides is 2. The average molecular weight is 734 g/mol. The van der Waals surface area contributed by atoms with E-state index < -0.39 is 33.7 Å². The second-order valence-electron chi connectivity index (χ2n) is 13.4. The molecule has 0 aliphatic heterocycles. The van der Waals surface area contributed by atoms with E-state index in [1.54, 1.807) is 29.2 Å². The van der Waals surface area contributed by atoms with Gasteiger partial charge in [-0.3, -0.25) is 4.79 Å². The number of benzene rings is 3. The molecule has 3 aromatic carbocycles. The third-order valence-electron chi connectivity index (χ3n) is 8.71. The Balaban J connectivity index is 1.52. The van der Waals surface area contributed by atoms with Crippen molar-refractivity contribution in [1.29, 1.82) is 0 Å². The van der Waals surface area contributed by atoms with Crippen LogP contribution in [0.25, 0.3) is 21.2 Å². The van der Waals surface area contributed by atoms with Gasteiger partial charge in [0.2, 0.25) is 10.0 Å². The lowest BCUT2D eigenvalue weighted by molar-refractivity contribution is 0.0492. The molecular formula is C35H38ClF2N3O6S2. The van der Waals surface area contributed by atoms with Gasteiger partial charge in [0.25, 0.3) is 5.91 Å². The Labute approximate surface area is 293 Å². The minimum Gasteiger partial charge on any atom is -0.496 e. The molecule has 0 bridgehead atoms. The zero-order valence-electron chi connectivity index (χ0n) is 27.5. The first-order valence-electron chi connectivity index (χ1n) is 15.6. The fourth-order valence-electron chi connectivity index (χ4n) is 6.38. The monoisotopic (exact) mass is 733 g/mol. The van der Waals surface area contributed by atoms with Crippen LogP contribution in [0.1, 0.15) is 61.7 Å². The molecule has 4 aromatic rings. The highest BCUT2D eigenvalue weighted by atomic mass is 35.5. The Morgan fingerprint density at radius 2 is 1.53 bits per heavy atom. The lowest BCUT2D eigenvalue weighted by Crippen LogP contribution is -2.49. The summed E-state index contributed by atoms with van der Waals surface area (Å²) in [7, 11) is -2.38. The van der Waals surface area contributed by atoms with Crippen LogP contribution in [0.15, 0.2) is 59.5 Å². The molecule has 1 aliphatic rings. The molecule has 0 radical (unpaired) electrons. The average Bonchev–Trinajstić information content (AvgIpc) is 3.41. The molecule has 49 heavy (non-hydrogen) atoms. The predicted octanol–water partition coefficient (Wildman–Crippen LogP) is 8.14. The minimum atomic E-state index is -3.88. The highest BCUT2D eigenvalue weighted by molar-refractivity contribution is 7.89. The van der Waals surface area contributed by atoms with Crippen LogP contribution in [-0.4, -0.2) is 61.1 Å². The predicted molar refractivity (Wildman–Crippen MR) is 187 cm³/mol. The van der Waals surface area contributed by atoms with E-state index >= 15 is 0 Å². The number of ether oxygens (including phenoxy) is 1. The Hall–Kier alpha value is -3.78. The van der Waals surface area contributed by atoms with Gasteiger partial charge in [-0.2, -0.15) is 0 Å². The molecule has 1 saturated carbocycles. The number of rotatable bonds is 9. The maximum Gasteiger partial charge on any atom is 0.407 e. The molecular weight excluding hydrogens is 696 g/mol. The molecule has 1 aromatic heterocycles. The van der Waals surface area contributed by atoms with E-state index in [-0.39, 0.29) is 48.9 Å². The standard InChI is InChI=1S/C35H38ClF2N3O6S2/c1-35(2,3)19-41(34(43)44)24-10-8-23(9-11-24)40(33(42)32-30(36)29-26(37)14-15-27(38)31(29)48-32)18-22-17-21(7-16-28(22)47-4)20-5-12-25(13-6-20)49(39,45)46/h5-7,12-17,23-24H,8-11,18-19H2,1-4H3,(H,43,44)(H2,39,45,46). The van der Waals surface area contributed by atoms with Gasteiger partial charge >= 0.3 is 6.09 Å². The second-order valence-corrected chi connectivity index (χ2v) is 16.4. The van der Waals surface area contributed by atoms with E-state index in [0.717, 1.165) is 29.0 Å². The quantitative estimate of drug-likeness (QED) is 0.179. The van der Waals surface area contributed by atoms with Crippen molar-refractivity contribution in [3.05, 3.63) is 81.7 Å². The summed E-state index contributed by atoms with van der Waals surface area (Å²) in [6, 6.07) is 12.8. The van der Waals surface area contributed by atoms with Gasteiger partial charge in [0.1, 0.15) is 22.3 Å². The number of fused-ring (bicyclic) bond motifs is 1. The summed E-state index contributed by atoms with van der Waals surface area (Å²) in [5.41, 5.74) is 1.79. The molecule has 1 aliphatic carbocycles. The first kappa shape index (κ1) is 36.5. The molecule has 1 heterocycles. The summed E-state index contributed by atoms with van der Waals surface area (Å²) in [6.45, 7) is 6.33. The van der Waals surface area contributed by atoms with E-state index in [0.29, 0.717) is 49.1 Å². The normalized spacial score (nSPS) is 16.8. The molecule has 5 rings (SSSR count). The Bertz CT molecular complexity index is 1990. The van der Waals surface area contributed by atoms with Gasteiger partial charge in [0.15, 0.2) is 0 Å². The fourth-order valence-corrected chi connectivity index (χ4v) is 8.40. The van der Waals surface area contributed by atoms with Gasteiger partial charge in [-0.25, -0.2) is 27.1 Å². The van der Waals surface area contributed by atoms with E-state index in [4.69, 9.17) is 21.5 Å². The van der Waals surface area contributed by atoms with Crippen LogP contribution in [0.2, 0.25) is 5.02 Å². The summed E-state index contributed by atoms with van der Waals surface area (Å²) in [4.78, 5) is 29.7. The maximum absolute atomic E-state index is 14.8. The largest absolute Gasteiger partial charge is 0.496 e. The molecule has 0 unspecified atom stereocenters. The Morgan fingerprint density at radius 1 is 0.959 bits per heavy atom. The van der Waals surface area contributed by atoms with Crippen LogP contribution < -0.4 is 9.88 Å². The fraction of sp³-hybridized carbons (Fsp3) is 0.371. The second kappa shape index (κ2) is 14.2. The van der Waals surface area contributed by atoms with Gasteiger partial charge in [-0.15, -0.1) is 11.3 Å². The van der Waals surface area contributed by atoms with Crippen molar-refractivity contribution >= 4 is 55.0 Å². The zero-order chi connectivity index (χ0) is 35.8.